The Bertz CT molecular complexity index is 309. The summed E-state index contributed by atoms with van der Waals surface area (Å²) in [6.45, 7) is 0.454. The number of para-hydroxylation sites is 2. The number of ether oxygens (including phenoxy) is 2. The van der Waals surface area contributed by atoms with Crippen LogP contribution in [0.15, 0.2) is 24.3 Å². The first-order valence-corrected chi connectivity index (χ1v) is 4.22. The van der Waals surface area contributed by atoms with Crippen molar-refractivity contribution in [2.45, 2.75) is 12.5 Å². The van der Waals surface area contributed by atoms with Crippen molar-refractivity contribution in [2.75, 3.05) is 6.61 Å². The number of benzene rings is 1. The number of hydrogen-bond acceptors (Lipinski definition) is 3. The summed E-state index contributed by atoms with van der Waals surface area (Å²) in [7, 11) is 0. The van der Waals surface area contributed by atoms with Crippen molar-refractivity contribution in [3.63, 3.8) is 0 Å². The molecule has 1 aromatic carbocycles. The normalized spacial score (nSPS) is 19.5. The molecule has 0 N–H and O–H groups in total. The van der Waals surface area contributed by atoms with Gasteiger partial charge in [0.15, 0.2) is 11.5 Å². The molecule has 3 nitrogen and oxygen atoms in total. The molecule has 0 bridgehead atoms. The zero-order valence-corrected chi connectivity index (χ0v) is 7.10. The van der Waals surface area contributed by atoms with Gasteiger partial charge in [-0.15, -0.1) is 0 Å². The van der Waals surface area contributed by atoms with Crippen LogP contribution in [0.4, 0.5) is 0 Å². The van der Waals surface area contributed by atoms with Crippen molar-refractivity contribution >= 4 is 6.29 Å². The number of carbonyl (C=O) groups excluding carboxylic acids is 1. The van der Waals surface area contributed by atoms with E-state index in [2.05, 4.69) is 0 Å². The van der Waals surface area contributed by atoms with Crippen LogP contribution in [-0.4, -0.2) is 19.0 Å². The molecule has 1 unspecified atom stereocenters. The minimum absolute atomic E-state index is 0.132. The van der Waals surface area contributed by atoms with Crippen LogP contribution in [0.1, 0.15) is 6.42 Å². The fourth-order valence-corrected chi connectivity index (χ4v) is 1.29. The zero-order chi connectivity index (χ0) is 9.10. The van der Waals surface area contributed by atoms with Gasteiger partial charge >= 0.3 is 0 Å². The molecule has 1 heterocycles. The fraction of sp³-hybridized carbons (Fsp3) is 0.300. The van der Waals surface area contributed by atoms with Crippen LogP contribution < -0.4 is 9.47 Å². The van der Waals surface area contributed by atoms with E-state index in [0.717, 1.165) is 17.8 Å². The Morgan fingerprint density at radius 2 is 2.15 bits per heavy atom. The molecule has 0 saturated carbocycles. The highest BCUT2D eigenvalue weighted by molar-refractivity contribution is 5.51. The highest BCUT2D eigenvalue weighted by atomic mass is 16.6. The van der Waals surface area contributed by atoms with Crippen molar-refractivity contribution in [2.24, 2.45) is 0 Å². The van der Waals surface area contributed by atoms with E-state index in [-0.39, 0.29) is 6.10 Å². The maximum Gasteiger partial charge on any atom is 0.161 e. The fourth-order valence-electron chi connectivity index (χ4n) is 1.29. The van der Waals surface area contributed by atoms with Gasteiger partial charge in [0.05, 0.1) is 0 Å². The van der Waals surface area contributed by atoms with Crippen molar-refractivity contribution in [3.8, 4) is 11.5 Å². The smallest absolute Gasteiger partial charge is 0.161 e. The van der Waals surface area contributed by atoms with E-state index in [1.807, 2.05) is 24.3 Å². The van der Waals surface area contributed by atoms with Crippen LogP contribution in [0.3, 0.4) is 0 Å². The van der Waals surface area contributed by atoms with Crippen molar-refractivity contribution in [1.29, 1.82) is 0 Å². The Balaban J connectivity index is 2.15. The predicted molar refractivity (Wildman–Crippen MR) is 47.0 cm³/mol. The molecule has 0 amide bonds. The summed E-state index contributed by atoms with van der Waals surface area (Å²) in [4.78, 5) is 10.2. The SMILES string of the molecule is O=CCC1COc2ccccc2O1. The van der Waals surface area contributed by atoms with Crippen LogP contribution in [0.2, 0.25) is 0 Å². The average Bonchev–Trinajstić information content (AvgIpc) is 2.18. The van der Waals surface area contributed by atoms with Crippen LogP contribution in [-0.2, 0) is 4.79 Å². The molecule has 0 saturated heterocycles. The van der Waals surface area contributed by atoms with Crippen LogP contribution in [0.25, 0.3) is 0 Å². The molecule has 1 atom stereocenters. The van der Waals surface area contributed by atoms with Crippen LogP contribution >= 0.6 is 0 Å². The molecule has 0 fully saturated rings. The second-order valence-corrected chi connectivity index (χ2v) is 2.90. The van der Waals surface area contributed by atoms with Crippen LogP contribution in [0.5, 0.6) is 11.5 Å². The standard InChI is InChI=1S/C10H10O3/c11-6-5-8-7-12-9-3-1-2-4-10(9)13-8/h1-4,6,8H,5,7H2. The first-order chi connectivity index (χ1) is 6.40. The van der Waals surface area contributed by atoms with Gasteiger partial charge in [-0.1, -0.05) is 12.1 Å². The molecular formula is C10H10O3. The topological polar surface area (TPSA) is 35.5 Å². The molecule has 1 aliphatic heterocycles. The second kappa shape index (κ2) is 3.47. The third-order valence-electron chi connectivity index (χ3n) is 1.93. The van der Waals surface area contributed by atoms with Crippen LogP contribution in [0, 0.1) is 0 Å². The molecular weight excluding hydrogens is 168 g/mol. The summed E-state index contributed by atoms with van der Waals surface area (Å²) in [5.74, 6) is 1.48. The number of carbonyl (C=O) groups is 1. The van der Waals surface area contributed by atoms with Crippen molar-refractivity contribution in [3.05, 3.63) is 24.3 Å². The summed E-state index contributed by atoms with van der Waals surface area (Å²) in [5.41, 5.74) is 0. The summed E-state index contributed by atoms with van der Waals surface area (Å²) in [5, 5.41) is 0. The molecule has 13 heavy (non-hydrogen) atoms. The summed E-state index contributed by atoms with van der Waals surface area (Å²) in [6, 6.07) is 7.46. The predicted octanol–water partition coefficient (Wildman–Crippen LogP) is 1.42. The van der Waals surface area contributed by atoms with Gasteiger partial charge in [-0.3, -0.25) is 0 Å². The summed E-state index contributed by atoms with van der Waals surface area (Å²) >= 11 is 0. The van der Waals surface area contributed by atoms with E-state index in [0.29, 0.717) is 13.0 Å². The highest BCUT2D eigenvalue weighted by Gasteiger charge is 2.19. The lowest BCUT2D eigenvalue weighted by molar-refractivity contribution is -0.109. The van der Waals surface area contributed by atoms with Gasteiger partial charge in [0.1, 0.15) is 19.0 Å². The van der Waals surface area contributed by atoms with Gasteiger partial charge in [-0.2, -0.15) is 0 Å². The average molecular weight is 178 g/mol. The third kappa shape index (κ3) is 1.64. The number of rotatable bonds is 2. The first-order valence-electron chi connectivity index (χ1n) is 4.22. The van der Waals surface area contributed by atoms with Gasteiger partial charge in [-0.05, 0) is 12.1 Å². The molecule has 0 radical (unpaired) electrons. The molecule has 0 aliphatic carbocycles. The maximum atomic E-state index is 10.2. The van der Waals surface area contributed by atoms with Gasteiger partial charge in [0.2, 0.25) is 0 Å². The quantitative estimate of drug-likeness (QED) is 0.642. The lowest BCUT2D eigenvalue weighted by atomic mass is 10.2. The van der Waals surface area contributed by atoms with Gasteiger partial charge in [0.25, 0.3) is 0 Å². The third-order valence-corrected chi connectivity index (χ3v) is 1.93. The number of fused-ring (bicyclic) bond motifs is 1. The Morgan fingerprint density at radius 1 is 1.38 bits per heavy atom. The molecule has 0 spiro atoms. The molecule has 2 rings (SSSR count). The number of aldehydes is 1. The molecule has 1 aromatic rings. The Labute approximate surface area is 76.3 Å². The van der Waals surface area contributed by atoms with Crippen molar-refractivity contribution in [1.82, 2.24) is 0 Å². The first kappa shape index (κ1) is 8.10. The van der Waals surface area contributed by atoms with E-state index in [1.54, 1.807) is 0 Å². The van der Waals surface area contributed by atoms with E-state index in [9.17, 15) is 4.79 Å². The molecule has 68 valence electrons. The molecule has 0 aromatic heterocycles. The van der Waals surface area contributed by atoms with Gasteiger partial charge in [-0.25, -0.2) is 0 Å². The second-order valence-electron chi connectivity index (χ2n) is 2.90. The lowest BCUT2D eigenvalue weighted by Crippen LogP contribution is -2.29. The zero-order valence-electron chi connectivity index (χ0n) is 7.10. The summed E-state index contributed by atoms with van der Waals surface area (Å²) in [6.07, 6.45) is 1.10. The van der Waals surface area contributed by atoms with E-state index in [4.69, 9.17) is 9.47 Å². The maximum absolute atomic E-state index is 10.2. The van der Waals surface area contributed by atoms with Crippen molar-refractivity contribution < 1.29 is 14.3 Å². The van der Waals surface area contributed by atoms with Gasteiger partial charge in [0, 0.05) is 6.42 Å². The largest absolute Gasteiger partial charge is 0.486 e. The lowest BCUT2D eigenvalue weighted by Gasteiger charge is -2.24. The Kier molecular flexibility index (Phi) is 2.17. The van der Waals surface area contributed by atoms with E-state index < -0.39 is 0 Å². The molecule has 3 heteroatoms. The van der Waals surface area contributed by atoms with E-state index >= 15 is 0 Å². The minimum Gasteiger partial charge on any atom is -0.486 e. The Hall–Kier alpha value is -1.51. The number of hydrogen-bond donors (Lipinski definition) is 0. The molecule has 1 aliphatic rings. The Morgan fingerprint density at radius 3 is 2.92 bits per heavy atom. The summed E-state index contributed by atoms with van der Waals surface area (Å²) < 4.78 is 10.9. The van der Waals surface area contributed by atoms with Gasteiger partial charge < -0.3 is 14.3 Å². The monoisotopic (exact) mass is 178 g/mol. The minimum atomic E-state index is -0.132. The highest BCUT2D eigenvalue weighted by Crippen LogP contribution is 2.31. The van der Waals surface area contributed by atoms with E-state index in [1.165, 1.54) is 0 Å².